The number of oxazole rings is 1. The molecule has 0 aliphatic rings. The minimum atomic E-state index is 0.908. The van der Waals surface area contributed by atoms with E-state index in [0.29, 0.717) is 0 Å². The number of aromatic nitrogens is 1. The Kier molecular flexibility index (Phi) is 11.2. The fraction of sp³-hybridized carbons (Fsp3) is 0.720. The summed E-state index contributed by atoms with van der Waals surface area (Å²) in [6, 6.07) is 6.23. The van der Waals surface area contributed by atoms with Crippen molar-refractivity contribution >= 4 is 11.1 Å². The Balaban J connectivity index is 1.37. The van der Waals surface area contributed by atoms with Crippen LogP contribution < -0.4 is 0 Å². The zero-order valence-corrected chi connectivity index (χ0v) is 17.9. The molecular formula is C25H41NO. The van der Waals surface area contributed by atoms with E-state index in [9.17, 15) is 0 Å². The average Bonchev–Trinajstić information content (AvgIpc) is 3.06. The van der Waals surface area contributed by atoms with Gasteiger partial charge in [-0.2, -0.15) is 0 Å². The Hall–Kier alpha value is -1.31. The molecule has 0 N–H and O–H groups in total. The largest absolute Gasteiger partial charge is 0.441 e. The molecule has 0 fully saturated rings. The number of aryl methyl sites for hydroxylation is 2. The third kappa shape index (κ3) is 9.44. The summed E-state index contributed by atoms with van der Waals surface area (Å²) in [7, 11) is 0. The van der Waals surface area contributed by atoms with E-state index in [-0.39, 0.29) is 0 Å². The Labute approximate surface area is 167 Å². The van der Waals surface area contributed by atoms with Gasteiger partial charge in [-0.1, -0.05) is 103 Å². The van der Waals surface area contributed by atoms with Crippen LogP contribution >= 0.6 is 0 Å². The van der Waals surface area contributed by atoms with Gasteiger partial charge in [0.15, 0.2) is 11.5 Å². The molecule has 2 aromatic rings. The summed E-state index contributed by atoms with van der Waals surface area (Å²) in [4.78, 5) is 4.61. The third-order valence-corrected chi connectivity index (χ3v) is 5.58. The summed E-state index contributed by atoms with van der Waals surface area (Å²) >= 11 is 0. The molecule has 0 bridgehead atoms. The number of hydrogen-bond donors (Lipinski definition) is 0. The van der Waals surface area contributed by atoms with Crippen molar-refractivity contribution in [2.75, 3.05) is 0 Å². The van der Waals surface area contributed by atoms with Crippen LogP contribution in [0.15, 0.2) is 22.6 Å². The summed E-state index contributed by atoms with van der Waals surface area (Å²) in [5, 5.41) is 0. The van der Waals surface area contributed by atoms with E-state index in [1.165, 1.54) is 102 Å². The Morgan fingerprint density at radius 3 is 1.78 bits per heavy atom. The lowest BCUT2D eigenvalue weighted by Crippen LogP contribution is -1.86. The molecule has 1 heterocycles. The van der Waals surface area contributed by atoms with E-state index in [1.807, 2.05) is 6.07 Å². The standard InChI is InChI=1S/C25H41NO/c1-3-4-5-6-7-8-9-10-11-12-13-14-15-16-17-18-25-26-23-21-22(2)19-20-24(23)27-25/h19-21H,3-18H2,1-2H3. The van der Waals surface area contributed by atoms with Gasteiger partial charge < -0.3 is 4.42 Å². The highest BCUT2D eigenvalue weighted by molar-refractivity contribution is 5.73. The van der Waals surface area contributed by atoms with E-state index in [4.69, 9.17) is 4.42 Å². The maximum atomic E-state index is 5.83. The summed E-state index contributed by atoms with van der Waals surface area (Å²) in [6.45, 7) is 4.39. The second-order valence-electron chi connectivity index (χ2n) is 8.28. The number of nitrogens with zero attached hydrogens (tertiary/aromatic N) is 1. The molecule has 152 valence electrons. The van der Waals surface area contributed by atoms with Crippen molar-refractivity contribution in [1.29, 1.82) is 0 Å². The van der Waals surface area contributed by atoms with Crippen LogP contribution in [0.25, 0.3) is 11.1 Å². The van der Waals surface area contributed by atoms with Crippen molar-refractivity contribution in [3.8, 4) is 0 Å². The van der Waals surface area contributed by atoms with E-state index < -0.39 is 0 Å². The topological polar surface area (TPSA) is 26.0 Å². The van der Waals surface area contributed by atoms with Gasteiger partial charge in [0.25, 0.3) is 0 Å². The zero-order chi connectivity index (χ0) is 19.2. The molecule has 0 aliphatic heterocycles. The van der Waals surface area contributed by atoms with Gasteiger partial charge in [-0.3, -0.25) is 0 Å². The average molecular weight is 372 g/mol. The molecule has 0 saturated carbocycles. The predicted octanol–water partition coefficient (Wildman–Crippen LogP) is 8.55. The first-order valence-corrected chi connectivity index (χ1v) is 11.7. The molecule has 0 radical (unpaired) electrons. The normalized spacial score (nSPS) is 11.5. The van der Waals surface area contributed by atoms with Gasteiger partial charge >= 0.3 is 0 Å². The van der Waals surface area contributed by atoms with Crippen LogP contribution in [0.3, 0.4) is 0 Å². The van der Waals surface area contributed by atoms with E-state index >= 15 is 0 Å². The number of rotatable bonds is 16. The second kappa shape index (κ2) is 13.8. The van der Waals surface area contributed by atoms with E-state index in [2.05, 4.69) is 31.0 Å². The van der Waals surface area contributed by atoms with Gasteiger partial charge in [0.1, 0.15) is 5.52 Å². The maximum absolute atomic E-state index is 5.83. The highest BCUT2D eigenvalue weighted by atomic mass is 16.3. The number of hydrogen-bond acceptors (Lipinski definition) is 2. The third-order valence-electron chi connectivity index (χ3n) is 5.58. The van der Waals surface area contributed by atoms with Crippen molar-refractivity contribution in [2.45, 2.75) is 117 Å². The van der Waals surface area contributed by atoms with Crippen molar-refractivity contribution in [3.05, 3.63) is 29.7 Å². The Bertz CT molecular complexity index is 616. The van der Waals surface area contributed by atoms with Crippen molar-refractivity contribution in [1.82, 2.24) is 4.98 Å². The molecule has 0 spiro atoms. The summed E-state index contributed by atoms with van der Waals surface area (Å²) < 4.78 is 5.83. The van der Waals surface area contributed by atoms with Crippen LogP contribution in [0, 0.1) is 6.92 Å². The van der Waals surface area contributed by atoms with Crippen LogP contribution in [-0.2, 0) is 6.42 Å². The lowest BCUT2D eigenvalue weighted by molar-refractivity contribution is 0.499. The van der Waals surface area contributed by atoms with Crippen LogP contribution in [0.5, 0.6) is 0 Å². The van der Waals surface area contributed by atoms with Crippen LogP contribution in [0.2, 0.25) is 0 Å². The quantitative estimate of drug-likeness (QED) is 0.276. The Morgan fingerprint density at radius 1 is 0.704 bits per heavy atom. The van der Waals surface area contributed by atoms with Crippen LogP contribution in [0.1, 0.15) is 115 Å². The molecule has 0 unspecified atom stereocenters. The van der Waals surface area contributed by atoms with Gasteiger partial charge in [0, 0.05) is 6.42 Å². The van der Waals surface area contributed by atoms with Gasteiger partial charge in [-0.05, 0) is 31.0 Å². The second-order valence-corrected chi connectivity index (χ2v) is 8.28. The van der Waals surface area contributed by atoms with Gasteiger partial charge in [-0.15, -0.1) is 0 Å². The number of benzene rings is 1. The molecule has 0 atom stereocenters. The van der Waals surface area contributed by atoms with Gasteiger partial charge in [-0.25, -0.2) is 4.98 Å². The smallest absolute Gasteiger partial charge is 0.195 e. The maximum Gasteiger partial charge on any atom is 0.195 e. The molecule has 0 saturated heterocycles. The van der Waals surface area contributed by atoms with Crippen molar-refractivity contribution in [3.63, 3.8) is 0 Å². The minimum absolute atomic E-state index is 0.908. The molecule has 27 heavy (non-hydrogen) atoms. The lowest BCUT2D eigenvalue weighted by atomic mass is 10.0. The molecule has 0 amide bonds. The van der Waals surface area contributed by atoms with Crippen molar-refractivity contribution < 1.29 is 4.42 Å². The van der Waals surface area contributed by atoms with E-state index in [1.54, 1.807) is 0 Å². The van der Waals surface area contributed by atoms with Crippen LogP contribution in [-0.4, -0.2) is 4.98 Å². The molecular weight excluding hydrogens is 330 g/mol. The number of unbranched alkanes of at least 4 members (excludes halogenated alkanes) is 14. The molecule has 1 aromatic carbocycles. The molecule has 2 rings (SSSR count). The van der Waals surface area contributed by atoms with Crippen LogP contribution in [0.4, 0.5) is 0 Å². The predicted molar refractivity (Wildman–Crippen MR) is 117 cm³/mol. The van der Waals surface area contributed by atoms with E-state index in [0.717, 1.165) is 23.4 Å². The molecule has 2 heteroatoms. The fourth-order valence-corrected chi connectivity index (χ4v) is 3.84. The highest BCUT2D eigenvalue weighted by Crippen LogP contribution is 2.19. The summed E-state index contributed by atoms with van der Waals surface area (Å²) in [5.41, 5.74) is 3.18. The monoisotopic (exact) mass is 371 g/mol. The van der Waals surface area contributed by atoms with Gasteiger partial charge in [0.2, 0.25) is 0 Å². The molecule has 0 aliphatic carbocycles. The highest BCUT2D eigenvalue weighted by Gasteiger charge is 2.05. The first kappa shape index (κ1) is 22.0. The lowest BCUT2D eigenvalue weighted by Gasteiger charge is -2.03. The minimum Gasteiger partial charge on any atom is -0.441 e. The Morgan fingerprint density at radius 2 is 1.22 bits per heavy atom. The first-order valence-electron chi connectivity index (χ1n) is 11.7. The zero-order valence-electron chi connectivity index (χ0n) is 17.9. The number of fused-ring (bicyclic) bond motifs is 1. The summed E-state index contributed by atoms with van der Waals surface area (Å²) in [6.07, 6.45) is 22.0. The van der Waals surface area contributed by atoms with Gasteiger partial charge in [0.05, 0.1) is 0 Å². The fourth-order valence-electron chi connectivity index (χ4n) is 3.84. The summed E-state index contributed by atoms with van der Waals surface area (Å²) in [5.74, 6) is 0.908. The molecule has 1 aromatic heterocycles. The molecule has 2 nitrogen and oxygen atoms in total. The SMILES string of the molecule is CCCCCCCCCCCCCCCCCc1nc2cc(C)ccc2o1. The van der Waals surface area contributed by atoms with Crippen molar-refractivity contribution in [2.24, 2.45) is 0 Å². The first-order chi connectivity index (χ1) is 13.3.